The van der Waals surface area contributed by atoms with Gasteiger partial charge >= 0.3 is 0 Å². The molecule has 0 bridgehead atoms. The monoisotopic (exact) mass is 515 g/mol. The van der Waals surface area contributed by atoms with Crippen LogP contribution in [0, 0.1) is 17.1 Å². The predicted molar refractivity (Wildman–Crippen MR) is 138 cm³/mol. The molecular weight excluding hydrogens is 497 g/mol. The van der Waals surface area contributed by atoms with Gasteiger partial charge in [-0.25, -0.2) is 9.37 Å². The molecule has 36 heavy (non-hydrogen) atoms. The number of amides is 1. The van der Waals surface area contributed by atoms with Crippen LogP contribution in [0.4, 0.5) is 10.1 Å². The zero-order valence-corrected chi connectivity index (χ0v) is 20.4. The molecule has 1 amide bonds. The Morgan fingerprint density at radius 3 is 2.72 bits per heavy atom. The smallest absolute Gasteiger partial charge is 0.277 e. The Hall–Kier alpha value is -4.07. The van der Waals surface area contributed by atoms with Gasteiger partial charge in [0, 0.05) is 17.6 Å². The lowest BCUT2D eigenvalue weighted by Crippen LogP contribution is -2.33. The molecule has 3 heterocycles. The van der Waals surface area contributed by atoms with Crippen LogP contribution in [0.5, 0.6) is 0 Å². The molecule has 0 radical (unpaired) electrons. The van der Waals surface area contributed by atoms with Gasteiger partial charge in [-0.05, 0) is 47.8 Å². The van der Waals surface area contributed by atoms with E-state index in [1.165, 1.54) is 29.2 Å². The fraction of sp³-hybridized carbons (Fsp3) is 0.115. The van der Waals surface area contributed by atoms with Gasteiger partial charge in [-0.3, -0.25) is 4.79 Å². The summed E-state index contributed by atoms with van der Waals surface area (Å²) in [5, 5.41) is 20.5. The minimum absolute atomic E-state index is 0.0158. The number of thiophene rings is 1. The van der Waals surface area contributed by atoms with Gasteiger partial charge in [0.05, 0.1) is 39.9 Å². The van der Waals surface area contributed by atoms with Crippen LogP contribution in [0.2, 0.25) is 0 Å². The summed E-state index contributed by atoms with van der Waals surface area (Å²) < 4.78 is 19.3. The first kappa shape index (κ1) is 23.7. The van der Waals surface area contributed by atoms with Gasteiger partial charge in [0.15, 0.2) is 0 Å². The SMILES string of the molecule is N#CCCN(C(=O)CSc1nnc(-c2cc(-c3cccs3)nc3ccccc23)o1)c1ccc(F)cc1. The Bertz CT molecular complexity index is 1550. The summed E-state index contributed by atoms with van der Waals surface area (Å²) in [6.07, 6.45) is 0.153. The van der Waals surface area contributed by atoms with E-state index in [4.69, 9.17) is 14.7 Å². The second-order valence-corrected chi connectivity index (χ2v) is 9.52. The lowest BCUT2D eigenvalue weighted by atomic mass is 10.1. The second kappa shape index (κ2) is 10.7. The molecule has 0 saturated carbocycles. The molecule has 2 aromatic carbocycles. The maximum Gasteiger partial charge on any atom is 0.277 e. The molecule has 0 saturated heterocycles. The van der Waals surface area contributed by atoms with Crippen molar-refractivity contribution in [1.29, 1.82) is 5.26 Å². The van der Waals surface area contributed by atoms with Crippen molar-refractivity contribution in [3.8, 4) is 28.1 Å². The minimum atomic E-state index is -0.398. The van der Waals surface area contributed by atoms with Crippen LogP contribution in [-0.4, -0.2) is 33.4 Å². The van der Waals surface area contributed by atoms with Crippen LogP contribution in [0.25, 0.3) is 32.9 Å². The zero-order chi connectivity index (χ0) is 24.9. The van der Waals surface area contributed by atoms with Crippen LogP contribution < -0.4 is 4.90 Å². The highest BCUT2D eigenvalue weighted by Gasteiger charge is 2.19. The molecule has 0 aliphatic heterocycles. The molecular formula is C26H18FN5O2S2. The highest BCUT2D eigenvalue weighted by Crippen LogP contribution is 2.34. The molecule has 178 valence electrons. The number of pyridine rings is 1. The number of halogens is 1. The van der Waals surface area contributed by atoms with Crippen LogP contribution in [-0.2, 0) is 4.79 Å². The number of nitriles is 1. The van der Waals surface area contributed by atoms with E-state index in [0.29, 0.717) is 11.6 Å². The summed E-state index contributed by atoms with van der Waals surface area (Å²) in [5.41, 5.74) is 2.91. The number of aromatic nitrogens is 3. The van der Waals surface area contributed by atoms with Crippen LogP contribution >= 0.6 is 23.1 Å². The topological polar surface area (TPSA) is 95.9 Å². The van der Waals surface area contributed by atoms with E-state index in [2.05, 4.69) is 10.2 Å². The first-order valence-corrected chi connectivity index (χ1v) is 12.8. The standard InChI is InChI=1S/C26H18FN5O2S2/c27-17-8-10-18(11-9-17)32(13-4-12-28)24(33)16-36-26-31-30-25(34-26)20-15-22(23-7-3-14-35-23)29-21-6-2-1-5-19(20)21/h1-3,5-11,14-15H,4,13,16H2. The lowest BCUT2D eigenvalue weighted by Gasteiger charge is -2.21. The minimum Gasteiger partial charge on any atom is -0.411 e. The number of para-hydroxylation sites is 1. The van der Waals surface area contributed by atoms with Gasteiger partial charge in [0.25, 0.3) is 5.22 Å². The molecule has 3 aromatic heterocycles. The summed E-state index contributed by atoms with van der Waals surface area (Å²) in [5.74, 6) is -0.302. The van der Waals surface area contributed by atoms with E-state index in [1.807, 2.05) is 53.9 Å². The highest BCUT2D eigenvalue weighted by molar-refractivity contribution is 7.99. The fourth-order valence-electron chi connectivity index (χ4n) is 3.66. The number of carbonyl (C=O) groups excluding carboxylic acids is 1. The number of nitrogens with zero attached hydrogens (tertiary/aromatic N) is 5. The van der Waals surface area contributed by atoms with Gasteiger partial charge in [-0.2, -0.15) is 5.26 Å². The molecule has 0 atom stereocenters. The van der Waals surface area contributed by atoms with Crippen molar-refractivity contribution in [2.75, 3.05) is 17.2 Å². The van der Waals surface area contributed by atoms with Crippen LogP contribution in [0.15, 0.2) is 81.8 Å². The highest BCUT2D eigenvalue weighted by atomic mass is 32.2. The third-order valence-corrected chi connectivity index (χ3v) is 7.03. The first-order chi connectivity index (χ1) is 17.6. The van der Waals surface area contributed by atoms with E-state index < -0.39 is 5.82 Å². The summed E-state index contributed by atoms with van der Waals surface area (Å²) in [7, 11) is 0. The number of rotatable bonds is 8. The van der Waals surface area contributed by atoms with Crippen LogP contribution in [0.3, 0.4) is 0 Å². The van der Waals surface area contributed by atoms with Gasteiger partial charge in [-0.1, -0.05) is 36.0 Å². The summed E-state index contributed by atoms with van der Waals surface area (Å²) in [4.78, 5) is 20.2. The number of carbonyl (C=O) groups is 1. The molecule has 5 rings (SSSR count). The summed E-state index contributed by atoms with van der Waals surface area (Å²) >= 11 is 2.70. The third kappa shape index (κ3) is 5.12. The Balaban J connectivity index is 1.37. The second-order valence-electron chi connectivity index (χ2n) is 7.64. The number of hydrogen-bond acceptors (Lipinski definition) is 8. The number of fused-ring (bicyclic) bond motifs is 1. The molecule has 7 nitrogen and oxygen atoms in total. The van der Waals surface area contributed by atoms with Crippen molar-refractivity contribution in [1.82, 2.24) is 15.2 Å². The molecule has 0 fully saturated rings. The van der Waals surface area contributed by atoms with E-state index in [-0.39, 0.29) is 29.8 Å². The summed E-state index contributed by atoms with van der Waals surface area (Å²) in [6.45, 7) is 0.200. The van der Waals surface area contributed by atoms with Crippen molar-refractivity contribution in [2.24, 2.45) is 0 Å². The van der Waals surface area contributed by atoms with Crippen molar-refractivity contribution in [3.63, 3.8) is 0 Å². The first-order valence-electron chi connectivity index (χ1n) is 11.0. The zero-order valence-electron chi connectivity index (χ0n) is 18.8. The van der Waals surface area contributed by atoms with Crippen molar-refractivity contribution in [2.45, 2.75) is 11.6 Å². The van der Waals surface area contributed by atoms with Gasteiger partial charge in [0.1, 0.15) is 5.82 Å². The molecule has 10 heteroatoms. The Morgan fingerprint density at radius 1 is 1.11 bits per heavy atom. The van der Waals surface area contributed by atoms with Crippen molar-refractivity contribution in [3.05, 3.63) is 77.9 Å². The molecule has 0 aliphatic rings. The molecule has 0 unspecified atom stereocenters. The summed E-state index contributed by atoms with van der Waals surface area (Å²) in [6, 6.07) is 21.3. The van der Waals surface area contributed by atoms with E-state index in [9.17, 15) is 9.18 Å². The van der Waals surface area contributed by atoms with Crippen LogP contribution in [0.1, 0.15) is 6.42 Å². The average Bonchev–Trinajstić information content (AvgIpc) is 3.61. The Kier molecular flexibility index (Phi) is 7.02. The maximum atomic E-state index is 13.3. The Morgan fingerprint density at radius 2 is 1.94 bits per heavy atom. The van der Waals surface area contributed by atoms with Gasteiger partial charge in [-0.15, -0.1) is 21.5 Å². The molecule has 5 aromatic rings. The number of anilines is 1. The predicted octanol–water partition coefficient (Wildman–Crippen LogP) is 6.19. The van der Waals surface area contributed by atoms with Crippen molar-refractivity contribution >= 4 is 45.6 Å². The van der Waals surface area contributed by atoms with E-state index in [1.54, 1.807) is 11.3 Å². The largest absolute Gasteiger partial charge is 0.411 e. The number of benzene rings is 2. The van der Waals surface area contributed by atoms with Gasteiger partial charge < -0.3 is 9.32 Å². The third-order valence-electron chi connectivity index (χ3n) is 5.33. The number of thioether (sulfide) groups is 1. The van der Waals surface area contributed by atoms with Crippen molar-refractivity contribution < 1.29 is 13.6 Å². The average molecular weight is 516 g/mol. The molecule has 0 spiro atoms. The quantitative estimate of drug-likeness (QED) is 0.227. The number of hydrogen-bond donors (Lipinski definition) is 0. The lowest BCUT2D eigenvalue weighted by molar-refractivity contribution is -0.116. The van der Waals surface area contributed by atoms with E-state index in [0.717, 1.165) is 38.8 Å². The van der Waals surface area contributed by atoms with E-state index >= 15 is 0 Å². The molecule has 0 aliphatic carbocycles. The fourth-order valence-corrected chi connectivity index (χ4v) is 4.99. The normalized spacial score (nSPS) is 10.9. The Labute approximate surface area is 214 Å². The van der Waals surface area contributed by atoms with Gasteiger partial charge in [0.2, 0.25) is 11.8 Å². The maximum absolute atomic E-state index is 13.3. The molecule has 0 N–H and O–H groups in total.